The Hall–Kier alpha value is -4.34. The predicted molar refractivity (Wildman–Crippen MR) is 159 cm³/mol. The van der Waals surface area contributed by atoms with Crippen molar-refractivity contribution in [3.63, 3.8) is 0 Å². The number of nitrogens with one attached hydrogen (secondary N) is 3. The average molecular weight is 564 g/mol. The second kappa shape index (κ2) is 13.3. The number of amides is 3. The molecule has 0 aliphatic heterocycles. The minimum atomic E-state index is -1.17. The van der Waals surface area contributed by atoms with Gasteiger partial charge in [-0.05, 0) is 71.7 Å². The third kappa shape index (κ3) is 9.97. The zero-order chi connectivity index (χ0) is 30.2. The fraction of sp³-hybridized carbons (Fsp3) is 0.419. The van der Waals surface area contributed by atoms with Crippen molar-refractivity contribution in [2.24, 2.45) is 0 Å². The van der Waals surface area contributed by atoms with E-state index in [2.05, 4.69) is 40.1 Å². The topological polar surface area (TPSA) is 124 Å². The van der Waals surface area contributed by atoms with Gasteiger partial charge in [0.1, 0.15) is 17.2 Å². The Kier molecular flexibility index (Phi) is 10.2. The summed E-state index contributed by atoms with van der Waals surface area (Å²) in [6.07, 6.45) is 0.446. The molecule has 0 saturated carbocycles. The molecule has 0 aliphatic rings. The lowest BCUT2D eigenvalue weighted by Crippen LogP contribution is -2.52. The van der Waals surface area contributed by atoms with Gasteiger partial charge in [-0.2, -0.15) is 0 Å². The first-order chi connectivity index (χ1) is 19.2. The van der Waals surface area contributed by atoms with Gasteiger partial charge in [-0.1, -0.05) is 49.7 Å². The van der Waals surface area contributed by atoms with E-state index < -0.39 is 35.3 Å². The molecular weight excluding hydrogens is 522 g/mol. The van der Waals surface area contributed by atoms with E-state index in [0.29, 0.717) is 0 Å². The smallest absolute Gasteiger partial charge is 0.408 e. The molecular formula is C31H41N5O5. The second-order valence-corrected chi connectivity index (χ2v) is 11.7. The number of aromatic nitrogens is 2. The molecule has 0 radical (unpaired) electrons. The van der Waals surface area contributed by atoms with Crippen molar-refractivity contribution in [3.05, 3.63) is 66.2 Å². The highest BCUT2D eigenvalue weighted by Gasteiger charge is 2.27. The van der Waals surface area contributed by atoms with Gasteiger partial charge in [0, 0.05) is 11.6 Å². The number of rotatable bonds is 9. The Morgan fingerprint density at radius 2 is 1.54 bits per heavy atom. The van der Waals surface area contributed by atoms with Crippen LogP contribution in [0.3, 0.4) is 0 Å². The van der Waals surface area contributed by atoms with E-state index in [1.165, 1.54) is 5.56 Å². The zero-order valence-electron chi connectivity index (χ0n) is 24.9. The summed E-state index contributed by atoms with van der Waals surface area (Å²) >= 11 is 0. The molecule has 0 bridgehead atoms. The lowest BCUT2D eigenvalue weighted by atomic mass is 10.0. The number of hydrogen-bond donors (Lipinski definition) is 3. The summed E-state index contributed by atoms with van der Waals surface area (Å²) in [5, 5.41) is 12.5. The molecule has 220 valence electrons. The van der Waals surface area contributed by atoms with Crippen LogP contribution in [0.25, 0.3) is 16.9 Å². The summed E-state index contributed by atoms with van der Waals surface area (Å²) in [7, 11) is 0. The van der Waals surface area contributed by atoms with E-state index in [9.17, 15) is 14.4 Å². The maximum Gasteiger partial charge on any atom is 0.408 e. The van der Waals surface area contributed by atoms with Crippen molar-refractivity contribution in [1.29, 1.82) is 0 Å². The Labute approximate surface area is 241 Å². The first-order valence-electron chi connectivity index (χ1n) is 13.8. The highest BCUT2D eigenvalue weighted by Crippen LogP contribution is 2.27. The molecule has 0 aliphatic carbocycles. The molecule has 41 heavy (non-hydrogen) atoms. The Balaban J connectivity index is 1.89. The largest absolute Gasteiger partial charge is 0.444 e. The summed E-state index contributed by atoms with van der Waals surface area (Å²) in [6, 6.07) is 18.4. The van der Waals surface area contributed by atoms with Crippen molar-refractivity contribution in [2.45, 2.75) is 78.6 Å². The molecule has 0 fully saturated rings. The van der Waals surface area contributed by atoms with Crippen molar-refractivity contribution in [3.8, 4) is 16.9 Å². The van der Waals surface area contributed by atoms with Gasteiger partial charge in [0.05, 0.1) is 17.9 Å². The standard InChI is InChI=1S/C31H41N5O5/c1-8-13-21-14-12-15-22(18-21)25-19-26(35-36(25)23-16-10-9-11-17-23)34-27(37)24(33-29(39)41-31(5,6)7)20-32-28(38)40-30(2,3)4/h9-12,14-19,24H,8,13,20H2,1-7H3,(H,32,38)(H,33,39)(H,34,35,37). The molecule has 3 amide bonds. The minimum Gasteiger partial charge on any atom is -0.444 e. The number of para-hydroxylation sites is 1. The van der Waals surface area contributed by atoms with E-state index in [1.54, 1.807) is 52.3 Å². The molecule has 10 heteroatoms. The number of ether oxygens (including phenoxy) is 2. The van der Waals surface area contributed by atoms with Crippen LogP contribution in [-0.2, 0) is 20.7 Å². The van der Waals surface area contributed by atoms with Crippen molar-refractivity contribution in [2.75, 3.05) is 11.9 Å². The average Bonchev–Trinajstić information content (AvgIpc) is 3.29. The lowest BCUT2D eigenvalue weighted by molar-refractivity contribution is -0.118. The van der Waals surface area contributed by atoms with Gasteiger partial charge < -0.3 is 25.4 Å². The number of aryl methyl sites for hydroxylation is 1. The van der Waals surface area contributed by atoms with Gasteiger partial charge in [-0.15, -0.1) is 5.10 Å². The lowest BCUT2D eigenvalue weighted by Gasteiger charge is -2.24. The van der Waals surface area contributed by atoms with Crippen LogP contribution in [0.15, 0.2) is 60.7 Å². The molecule has 3 aromatic rings. The van der Waals surface area contributed by atoms with E-state index in [-0.39, 0.29) is 12.4 Å². The van der Waals surface area contributed by atoms with Crippen LogP contribution in [0.5, 0.6) is 0 Å². The summed E-state index contributed by atoms with van der Waals surface area (Å²) in [4.78, 5) is 38.2. The SMILES string of the molecule is CCCc1cccc(-c2cc(NC(=O)C(CNC(=O)OC(C)(C)C)NC(=O)OC(C)(C)C)nn2-c2ccccc2)c1. The molecule has 3 N–H and O–H groups in total. The fourth-order valence-corrected chi connectivity index (χ4v) is 3.96. The number of carbonyl (C=O) groups is 3. The van der Waals surface area contributed by atoms with E-state index >= 15 is 0 Å². The third-order valence-corrected chi connectivity index (χ3v) is 5.58. The van der Waals surface area contributed by atoms with Crippen molar-refractivity contribution >= 4 is 23.9 Å². The minimum absolute atomic E-state index is 0.231. The maximum atomic E-state index is 13.4. The van der Waals surface area contributed by atoms with Crippen LogP contribution in [0.2, 0.25) is 0 Å². The van der Waals surface area contributed by atoms with Gasteiger partial charge in [0.2, 0.25) is 5.91 Å². The van der Waals surface area contributed by atoms with Gasteiger partial charge in [-0.25, -0.2) is 14.3 Å². The number of hydrogen-bond acceptors (Lipinski definition) is 6. The Morgan fingerprint density at radius 1 is 0.878 bits per heavy atom. The molecule has 3 rings (SSSR count). The quantitative estimate of drug-likeness (QED) is 0.300. The van der Waals surface area contributed by atoms with Crippen LogP contribution in [0.4, 0.5) is 15.4 Å². The molecule has 0 spiro atoms. The van der Waals surface area contributed by atoms with Gasteiger partial charge >= 0.3 is 12.2 Å². The molecule has 1 aromatic heterocycles. The van der Waals surface area contributed by atoms with Crippen LogP contribution in [0.1, 0.15) is 60.5 Å². The Bertz CT molecular complexity index is 1340. The molecule has 0 saturated heterocycles. The van der Waals surface area contributed by atoms with Crippen molar-refractivity contribution < 1.29 is 23.9 Å². The van der Waals surface area contributed by atoms with E-state index in [4.69, 9.17) is 9.47 Å². The zero-order valence-corrected chi connectivity index (χ0v) is 24.9. The highest BCUT2D eigenvalue weighted by molar-refractivity contribution is 5.96. The monoisotopic (exact) mass is 563 g/mol. The second-order valence-electron chi connectivity index (χ2n) is 11.7. The van der Waals surface area contributed by atoms with Crippen LogP contribution < -0.4 is 16.0 Å². The van der Waals surface area contributed by atoms with Gasteiger partial charge in [-0.3, -0.25) is 4.79 Å². The molecule has 1 unspecified atom stereocenters. The Morgan fingerprint density at radius 3 is 2.17 bits per heavy atom. The number of benzene rings is 2. The normalized spacial score (nSPS) is 12.3. The first kappa shape index (κ1) is 31.2. The molecule has 10 nitrogen and oxygen atoms in total. The van der Waals surface area contributed by atoms with Gasteiger partial charge in [0.25, 0.3) is 0 Å². The third-order valence-electron chi connectivity index (χ3n) is 5.58. The van der Waals surface area contributed by atoms with Crippen LogP contribution in [0, 0.1) is 0 Å². The van der Waals surface area contributed by atoms with Crippen molar-refractivity contribution in [1.82, 2.24) is 20.4 Å². The van der Waals surface area contributed by atoms with E-state index in [1.807, 2.05) is 42.5 Å². The summed E-state index contributed by atoms with van der Waals surface area (Å²) in [5.74, 6) is -0.307. The first-order valence-corrected chi connectivity index (χ1v) is 13.8. The fourth-order valence-electron chi connectivity index (χ4n) is 3.96. The highest BCUT2D eigenvalue weighted by atomic mass is 16.6. The van der Waals surface area contributed by atoms with Gasteiger partial charge in [0.15, 0.2) is 5.82 Å². The number of carbonyl (C=O) groups excluding carboxylic acids is 3. The number of nitrogens with zero attached hydrogens (tertiary/aromatic N) is 2. The van der Waals surface area contributed by atoms with E-state index in [0.717, 1.165) is 29.8 Å². The number of alkyl carbamates (subject to hydrolysis) is 2. The summed E-state index contributed by atoms with van der Waals surface area (Å²) in [5.41, 5.74) is 2.25. The molecule has 1 heterocycles. The number of anilines is 1. The van der Waals surface area contributed by atoms with Crippen LogP contribution >= 0.6 is 0 Å². The predicted octanol–water partition coefficient (Wildman–Crippen LogP) is 5.85. The maximum absolute atomic E-state index is 13.4. The van der Waals surface area contributed by atoms with Crippen LogP contribution in [-0.4, -0.2) is 51.7 Å². The summed E-state index contributed by atoms with van der Waals surface area (Å²) in [6.45, 7) is 12.2. The molecule has 1 atom stereocenters. The summed E-state index contributed by atoms with van der Waals surface area (Å²) < 4.78 is 12.4. The molecule has 2 aromatic carbocycles.